The molecule has 5 nitrogen and oxygen atoms in total. The van der Waals surface area contributed by atoms with Crippen molar-refractivity contribution in [3.63, 3.8) is 0 Å². The van der Waals surface area contributed by atoms with Crippen LogP contribution in [0.2, 0.25) is 0 Å². The van der Waals surface area contributed by atoms with Gasteiger partial charge in [-0.2, -0.15) is 4.98 Å². The van der Waals surface area contributed by atoms with Crippen LogP contribution in [0.1, 0.15) is 63.6 Å². The van der Waals surface area contributed by atoms with Gasteiger partial charge in [-0.3, -0.25) is 0 Å². The lowest BCUT2D eigenvalue weighted by Gasteiger charge is -2.33. The Morgan fingerprint density at radius 1 is 1.37 bits per heavy atom. The lowest BCUT2D eigenvalue weighted by molar-refractivity contribution is 0.122. The summed E-state index contributed by atoms with van der Waals surface area (Å²) < 4.78 is 11.0. The molecular formula is C14H23N3O2. The Bertz CT molecular complexity index is 448. The predicted molar refractivity (Wildman–Crippen MR) is 70.6 cm³/mol. The number of hydrogen-bond acceptors (Lipinski definition) is 5. The molecule has 4 unspecified atom stereocenters. The van der Waals surface area contributed by atoms with Gasteiger partial charge in [-0.05, 0) is 32.1 Å². The van der Waals surface area contributed by atoms with Crippen molar-refractivity contribution in [2.45, 2.75) is 63.5 Å². The van der Waals surface area contributed by atoms with E-state index in [4.69, 9.17) is 15.0 Å². The molecule has 0 amide bonds. The van der Waals surface area contributed by atoms with Crippen molar-refractivity contribution >= 4 is 0 Å². The van der Waals surface area contributed by atoms with Crippen LogP contribution in [0, 0.1) is 5.92 Å². The topological polar surface area (TPSA) is 74.2 Å². The van der Waals surface area contributed by atoms with Crippen LogP contribution in [0.25, 0.3) is 0 Å². The van der Waals surface area contributed by atoms with E-state index in [-0.39, 0.29) is 12.0 Å². The highest BCUT2D eigenvalue weighted by atomic mass is 16.5. The summed E-state index contributed by atoms with van der Waals surface area (Å²) in [6.07, 6.45) is 5.53. The Hall–Kier alpha value is -0.940. The molecule has 0 radical (unpaired) electrons. The maximum absolute atomic E-state index is 6.49. The van der Waals surface area contributed by atoms with Gasteiger partial charge in [0, 0.05) is 0 Å². The fraction of sp³-hybridized carbons (Fsp3) is 0.857. The van der Waals surface area contributed by atoms with Crippen LogP contribution in [-0.2, 0) is 10.3 Å². The van der Waals surface area contributed by atoms with E-state index in [0.717, 1.165) is 25.7 Å². The maximum atomic E-state index is 6.49. The van der Waals surface area contributed by atoms with Crippen LogP contribution in [0.15, 0.2) is 4.52 Å². The molecule has 2 fully saturated rings. The average Bonchev–Trinajstić information content (AvgIpc) is 2.96. The van der Waals surface area contributed by atoms with E-state index in [9.17, 15) is 0 Å². The van der Waals surface area contributed by atoms with Crippen LogP contribution < -0.4 is 5.73 Å². The molecule has 3 rings (SSSR count). The lowest BCUT2D eigenvalue weighted by atomic mass is 9.76. The first-order chi connectivity index (χ1) is 9.07. The third kappa shape index (κ3) is 2.54. The molecule has 0 spiro atoms. The van der Waals surface area contributed by atoms with Gasteiger partial charge >= 0.3 is 0 Å². The molecule has 2 heterocycles. The van der Waals surface area contributed by atoms with Gasteiger partial charge in [-0.15, -0.1) is 0 Å². The van der Waals surface area contributed by atoms with E-state index in [0.29, 0.717) is 24.2 Å². The highest BCUT2D eigenvalue weighted by Crippen LogP contribution is 2.37. The summed E-state index contributed by atoms with van der Waals surface area (Å²) in [5, 5.41) is 4.15. The molecule has 5 heteroatoms. The van der Waals surface area contributed by atoms with Gasteiger partial charge in [-0.25, -0.2) is 0 Å². The second kappa shape index (κ2) is 4.87. The van der Waals surface area contributed by atoms with Crippen LogP contribution >= 0.6 is 0 Å². The van der Waals surface area contributed by atoms with Crippen LogP contribution in [-0.4, -0.2) is 22.9 Å². The van der Waals surface area contributed by atoms with E-state index in [1.807, 2.05) is 0 Å². The normalized spacial score (nSPS) is 39.6. The van der Waals surface area contributed by atoms with Gasteiger partial charge in [-0.1, -0.05) is 24.9 Å². The zero-order valence-corrected chi connectivity index (χ0v) is 11.8. The smallest absolute Gasteiger partial charge is 0.232 e. The minimum absolute atomic E-state index is 0.237. The van der Waals surface area contributed by atoms with E-state index in [2.05, 4.69) is 24.0 Å². The molecule has 4 atom stereocenters. The number of nitrogens with zero attached hydrogens (tertiary/aromatic N) is 2. The highest BCUT2D eigenvalue weighted by Gasteiger charge is 2.38. The predicted octanol–water partition coefficient (Wildman–Crippen LogP) is 2.33. The first-order valence-electron chi connectivity index (χ1n) is 7.31. The second-order valence-electron chi connectivity index (χ2n) is 6.39. The van der Waals surface area contributed by atoms with Crippen LogP contribution in [0.4, 0.5) is 0 Å². The van der Waals surface area contributed by atoms with Crippen molar-refractivity contribution in [2.24, 2.45) is 11.7 Å². The molecule has 1 aliphatic carbocycles. The first kappa shape index (κ1) is 13.1. The van der Waals surface area contributed by atoms with Gasteiger partial charge < -0.3 is 15.0 Å². The van der Waals surface area contributed by atoms with E-state index in [1.54, 1.807) is 0 Å². The van der Waals surface area contributed by atoms with Crippen molar-refractivity contribution < 1.29 is 9.26 Å². The molecule has 0 bridgehead atoms. The lowest BCUT2D eigenvalue weighted by Crippen LogP contribution is -2.42. The summed E-state index contributed by atoms with van der Waals surface area (Å²) in [4.78, 5) is 4.57. The van der Waals surface area contributed by atoms with Crippen molar-refractivity contribution in [3.8, 4) is 0 Å². The summed E-state index contributed by atoms with van der Waals surface area (Å²) in [7, 11) is 0. The molecular weight excluding hydrogens is 242 g/mol. The number of hydrogen-bond donors (Lipinski definition) is 1. The molecule has 1 aromatic heterocycles. The minimum atomic E-state index is -0.398. The standard InChI is InChI=1S/C14H23N3O2/c1-9-4-3-5-14(15,7-9)13-16-12(19-17-13)11-6-10(2)18-8-11/h9-11H,3-8,15H2,1-2H3. The monoisotopic (exact) mass is 265 g/mol. The van der Waals surface area contributed by atoms with Gasteiger partial charge in [0.1, 0.15) is 0 Å². The maximum Gasteiger partial charge on any atom is 0.232 e. The third-order valence-electron chi connectivity index (χ3n) is 4.47. The van der Waals surface area contributed by atoms with Gasteiger partial charge in [0.15, 0.2) is 5.82 Å². The fourth-order valence-electron chi connectivity index (χ4n) is 3.39. The van der Waals surface area contributed by atoms with E-state index >= 15 is 0 Å². The fourth-order valence-corrected chi connectivity index (χ4v) is 3.39. The number of aromatic nitrogens is 2. The van der Waals surface area contributed by atoms with Gasteiger partial charge in [0.25, 0.3) is 0 Å². The summed E-state index contributed by atoms with van der Waals surface area (Å²) in [6, 6.07) is 0. The Morgan fingerprint density at radius 3 is 2.89 bits per heavy atom. The molecule has 2 N–H and O–H groups in total. The van der Waals surface area contributed by atoms with Crippen LogP contribution in [0.3, 0.4) is 0 Å². The van der Waals surface area contributed by atoms with Gasteiger partial charge in [0.05, 0.1) is 24.2 Å². The van der Waals surface area contributed by atoms with Crippen LogP contribution in [0.5, 0.6) is 0 Å². The third-order valence-corrected chi connectivity index (χ3v) is 4.47. The Balaban J connectivity index is 1.77. The summed E-state index contributed by atoms with van der Waals surface area (Å²) in [5.41, 5.74) is 6.10. The summed E-state index contributed by atoms with van der Waals surface area (Å²) in [6.45, 7) is 5.00. The minimum Gasteiger partial charge on any atom is -0.378 e. The highest BCUT2D eigenvalue weighted by molar-refractivity contribution is 5.08. The summed E-state index contributed by atoms with van der Waals surface area (Å²) in [5.74, 6) is 2.26. The molecule has 19 heavy (non-hydrogen) atoms. The van der Waals surface area contributed by atoms with Crippen molar-refractivity contribution in [2.75, 3.05) is 6.61 Å². The van der Waals surface area contributed by atoms with E-state index < -0.39 is 5.54 Å². The summed E-state index contributed by atoms with van der Waals surface area (Å²) >= 11 is 0. The number of nitrogens with two attached hydrogens (primary N) is 1. The quantitative estimate of drug-likeness (QED) is 0.888. The van der Waals surface area contributed by atoms with Crippen molar-refractivity contribution in [3.05, 3.63) is 11.7 Å². The zero-order valence-electron chi connectivity index (χ0n) is 11.8. The van der Waals surface area contributed by atoms with Crippen molar-refractivity contribution in [1.29, 1.82) is 0 Å². The second-order valence-corrected chi connectivity index (χ2v) is 6.39. The Labute approximate surface area is 113 Å². The zero-order chi connectivity index (χ0) is 13.5. The van der Waals surface area contributed by atoms with Crippen molar-refractivity contribution in [1.82, 2.24) is 10.1 Å². The SMILES string of the molecule is CC1CCCC(N)(c2noc(C3COC(C)C3)n2)C1. The van der Waals surface area contributed by atoms with E-state index in [1.165, 1.54) is 6.42 Å². The largest absolute Gasteiger partial charge is 0.378 e. The average molecular weight is 265 g/mol. The first-order valence-corrected chi connectivity index (χ1v) is 7.31. The molecule has 2 aliphatic rings. The molecule has 106 valence electrons. The molecule has 0 aromatic carbocycles. The Kier molecular flexibility index (Phi) is 3.35. The Morgan fingerprint density at radius 2 is 2.21 bits per heavy atom. The molecule has 1 saturated carbocycles. The molecule has 1 aromatic rings. The molecule has 1 saturated heterocycles. The molecule has 1 aliphatic heterocycles. The van der Waals surface area contributed by atoms with Gasteiger partial charge in [0.2, 0.25) is 5.89 Å². The number of ether oxygens (including phenoxy) is 1. The number of rotatable bonds is 2.